The fourth-order valence-electron chi connectivity index (χ4n) is 4.22. The summed E-state index contributed by atoms with van der Waals surface area (Å²) in [7, 11) is 0. The highest BCUT2D eigenvalue weighted by atomic mass is 19.1. The molecule has 0 fully saturated rings. The van der Waals surface area contributed by atoms with E-state index in [0.29, 0.717) is 34.6 Å². The number of rotatable bonds is 4. The zero-order valence-corrected chi connectivity index (χ0v) is 17.7. The van der Waals surface area contributed by atoms with Gasteiger partial charge in [0.05, 0.1) is 43.1 Å². The molecule has 0 radical (unpaired) electrons. The molecule has 0 unspecified atom stereocenters. The number of nitrogens with zero attached hydrogens (tertiary/aromatic N) is 7. The van der Waals surface area contributed by atoms with E-state index in [1.807, 2.05) is 13.8 Å². The summed E-state index contributed by atoms with van der Waals surface area (Å²) in [6.07, 6.45) is 7.33. The maximum atomic E-state index is 15.6. The largest absolute Gasteiger partial charge is 0.477 e. The summed E-state index contributed by atoms with van der Waals surface area (Å²) in [4.78, 5) is 24.3. The lowest BCUT2D eigenvalue weighted by Gasteiger charge is -2.33. The highest BCUT2D eigenvalue weighted by Crippen LogP contribution is 2.44. The van der Waals surface area contributed by atoms with Crippen LogP contribution in [0.25, 0.3) is 33.8 Å². The van der Waals surface area contributed by atoms with Crippen LogP contribution < -0.4 is 5.43 Å². The van der Waals surface area contributed by atoms with Gasteiger partial charge in [0, 0.05) is 22.9 Å². The molecule has 5 heterocycles. The maximum absolute atomic E-state index is 15.6. The number of aromatic carboxylic acids is 1. The molecule has 0 aliphatic carbocycles. The van der Waals surface area contributed by atoms with Crippen molar-refractivity contribution in [1.82, 2.24) is 34.7 Å². The molecule has 11 heteroatoms. The van der Waals surface area contributed by atoms with Crippen molar-refractivity contribution in [2.45, 2.75) is 26.4 Å². The fraction of sp³-hybridized carbons (Fsp3) is 0.227. The Labute approximate surface area is 186 Å². The Morgan fingerprint density at radius 2 is 1.76 bits per heavy atom. The second-order valence-electron chi connectivity index (χ2n) is 8.07. The SMILES string of the molecule is CC(C)[C@@H]1Cn2nc(-c3ccnnc3)c(-c3ccnnc3)c2-c2c(F)c(=O)c(C(=O)O)cn21. The van der Waals surface area contributed by atoms with Crippen LogP contribution in [0.3, 0.4) is 0 Å². The molecule has 10 nitrogen and oxygen atoms in total. The summed E-state index contributed by atoms with van der Waals surface area (Å²) in [5.74, 6) is -2.61. The van der Waals surface area contributed by atoms with Crippen LogP contribution in [0, 0.1) is 11.7 Å². The van der Waals surface area contributed by atoms with Crippen molar-refractivity contribution in [2.75, 3.05) is 0 Å². The molecule has 0 saturated heterocycles. The first-order valence-electron chi connectivity index (χ1n) is 10.2. The molecule has 1 aliphatic rings. The van der Waals surface area contributed by atoms with Gasteiger partial charge in [-0.05, 0) is 18.1 Å². The average Bonchev–Trinajstić information content (AvgIpc) is 3.20. The molecular weight excluding hydrogens is 429 g/mol. The second-order valence-corrected chi connectivity index (χ2v) is 8.07. The Balaban J connectivity index is 1.91. The molecule has 166 valence electrons. The van der Waals surface area contributed by atoms with Crippen molar-refractivity contribution >= 4 is 5.97 Å². The zero-order chi connectivity index (χ0) is 23.3. The molecule has 1 atom stereocenters. The first kappa shape index (κ1) is 20.6. The minimum absolute atomic E-state index is 0.00160. The molecule has 0 amide bonds. The van der Waals surface area contributed by atoms with Crippen LogP contribution in [-0.2, 0) is 6.54 Å². The average molecular weight is 447 g/mol. The maximum Gasteiger partial charge on any atom is 0.341 e. The van der Waals surface area contributed by atoms with E-state index in [1.165, 1.54) is 24.8 Å². The first-order chi connectivity index (χ1) is 15.9. The Morgan fingerprint density at radius 1 is 1.09 bits per heavy atom. The first-order valence-corrected chi connectivity index (χ1v) is 10.2. The van der Waals surface area contributed by atoms with Crippen molar-refractivity contribution in [2.24, 2.45) is 5.92 Å². The summed E-state index contributed by atoms with van der Waals surface area (Å²) in [5, 5.41) is 29.7. The van der Waals surface area contributed by atoms with Crippen LogP contribution in [-0.4, -0.2) is 45.8 Å². The van der Waals surface area contributed by atoms with Gasteiger partial charge in [-0.2, -0.15) is 25.5 Å². The normalized spacial score (nSPS) is 14.7. The standard InChI is InChI=1S/C22H18FN7O3/c1-11(2)15-10-30-19(20-17(23)21(31)14(22(32)33)9-29(15)20)16(12-3-5-24-26-7-12)18(28-30)13-4-6-25-27-8-13/h3-9,11,15H,10H2,1-2H3,(H,32,33)/t15-/m0/s1. The van der Waals surface area contributed by atoms with Gasteiger partial charge in [0.2, 0.25) is 5.43 Å². The number of hydrogen-bond acceptors (Lipinski definition) is 7. The molecule has 5 rings (SSSR count). The van der Waals surface area contributed by atoms with Gasteiger partial charge in [-0.3, -0.25) is 9.48 Å². The van der Waals surface area contributed by atoms with Gasteiger partial charge in [0.15, 0.2) is 5.82 Å². The number of carboxylic acid groups (broad SMARTS) is 1. The van der Waals surface area contributed by atoms with Gasteiger partial charge in [0.1, 0.15) is 17.0 Å². The quantitative estimate of drug-likeness (QED) is 0.506. The molecule has 0 bridgehead atoms. The van der Waals surface area contributed by atoms with E-state index < -0.39 is 22.8 Å². The van der Waals surface area contributed by atoms with Crippen LogP contribution >= 0.6 is 0 Å². The van der Waals surface area contributed by atoms with Crippen molar-refractivity contribution in [3.05, 3.63) is 64.7 Å². The van der Waals surface area contributed by atoms with E-state index in [0.717, 1.165) is 0 Å². The van der Waals surface area contributed by atoms with Crippen LogP contribution in [0.1, 0.15) is 30.2 Å². The molecule has 1 N–H and O–H groups in total. The van der Waals surface area contributed by atoms with Crippen LogP contribution in [0.5, 0.6) is 0 Å². The second kappa shape index (κ2) is 7.69. The Bertz CT molecular complexity index is 1430. The topological polar surface area (TPSA) is 129 Å². The lowest BCUT2D eigenvalue weighted by atomic mass is 9.95. The number of hydrogen-bond donors (Lipinski definition) is 1. The van der Waals surface area contributed by atoms with Gasteiger partial charge < -0.3 is 9.67 Å². The summed E-state index contributed by atoms with van der Waals surface area (Å²) >= 11 is 0. The smallest absolute Gasteiger partial charge is 0.341 e. The fourth-order valence-corrected chi connectivity index (χ4v) is 4.22. The van der Waals surface area contributed by atoms with Crippen molar-refractivity contribution < 1.29 is 14.3 Å². The highest BCUT2D eigenvalue weighted by Gasteiger charge is 2.36. The molecule has 33 heavy (non-hydrogen) atoms. The third kappa shape index (κ3) is 3.20. The van der Waals surface area contributed by atoms with E-state index in [2.05, 4.69) is 20.4 Å². The number of carbonyl (C=O) groups is 1. The minimum atomic E-state index is -1.47. The predicted octanol–water partition coefficient (Wildman–Crippen LogP) is 2.67. The molecule has 4 aromatic heterocycles. The van der Waals surface area contributed by atoms with E-state index >= 15 is 4.39 Å². The Hall–Kier alpha value is -4.28. The number of halogens is 1. The molecule has 0 spiro atoms. The number of carboxylic acids is 1. The highest BCUT2D eigenvalue weighted by molar-refractivity contribution is 5.92. The van der Waals surface area contributed by atoms with Gasteiger partial charge >= 0.3 is 5.97 Å². The monoisotopic (exact) mass is 447 g/mol. The molecule has 1 aliphatic heterocycles. The lowest BCUT2D eigenvalue weighted by molar-refractivity contribution is 0.0693. The van der Waals surface area contributed by atoms with E-state index in [9.17, 15) is 14.7 Å². The van der Waals surface area contributed by atoms with Crippen LogP contribution in [0.2, 0.25) is 0 Å². The van der Waals surface area contributed by atoms with E-state index in [4.69, 9.17) is 5.10 Å². The molecular formula is C22H18FN7O3. The van der Waals surface area contributed by atoms with Crippen LogP contribution in [0.15, 0.2) is 47.9 Å². The predicted molar refractivity (Wildman–Crippen MR) is 115 cm³/mol. The van der Waals surface area contributed by atoms with Crippen molar-refractivity contribution in [3.8, 4) is 33.8 Å². The van der Waals surface area contributed by atoms with Gasteiger partial charge in [-0.15, -0.1) is 0 Å². The van der Waals surface area contributed by atoms with Gasteiger partial charge in [-0.25, -0.2) is 9.18 Å². The van der Waals surface area contributed by atoms with E-state index in [-0.39, 0.29) is 17.7 Å². The summed E-state index contributed by atoms with van der Waals surface area (Å²) < 4.78 is 18.9. The summed E-state index contributed by atoms with van der Waals surface area (Å²) in [6.45, 7) is 4.24. The van der Waals surface area contributed by atoms with Crippen molar-refractivity contribution in [1.29, 1.82) is 0 Å². The number of fused-ring (bicyclic) bond motifs is 3. The Morgan fingerprint density at radius 3 is 2.33 bits per heavy atom. The molecule has 0 aromatic carbocycles. The lowest BCUT2D eigenvalue weighted by Crippen LogP contribution is -2.33. The minimum Gasteiger partial charge on any atom is -0.477 e. The third-order valence-corrected chi connectivity index (χ3v) is 5.80. The summed E-state index contributed by atoms with van der Waals surface area (Å²) in [5.41, 5.74) is 0.879. The number of pyridine rings is 1. The third-order valence-electron chi connectivity index (χ3n) is 5.80. The molecule has 0 saturated carbocycles. The van der Waals surface area contributed by atoms with E-state index in [1.54, 1.807) is 27.6 Å². The van der Waals surface area contributed by atoms with Gasteiger partial charge in [-0.1, -0.05) is 13.8 Å². The van der Waals surface area contributed by atoms with Gasteiger partial charge in [0.25, 0.3) is 0 Å². The summed E-state index contributed by atoms with van der Waals surface area (Å²) in [6, 6.07) is 3.12. The number of aromatic nitrogens is 7. The van der Waals surface area contributed by atoms with Crippen molar-refractivity contribution in [3.63, 3.8) is 0 Å². The zero-order valence-electron chi connectivity index (χ0n) is 17.7. The molecule has 4 aromatic rings. The Kier molecular flexibility index (Phi) is 4.81. The van der Waals surface area contributed by atoms with Crippen LogP contribution in [0.4, 0.5) is 4.39 Å².